The number of carbonyl (C=O) groups is 2. The van der Waals surface area contributed by atoms with Crippen LogP contribution in [0.5, 0.6) is 0 Å². The highest BCUT2D eigenvalue weighted by molar-refractivity contribution is 5.91. The van der Waals surface area contributed by atoms with Gasteiger partial charge in [0.05, 0.1) is 7.11 Å². The summed E-state index contributed by atoms with van der Waals surface area (Å²) in [5.74, 6) is -0.442. The van der Waals surface area contributed by atoms with Crippen molar-refractivity contribution in [2.75, 3.05) is 7.11 Å². The molecule has 4 nitrogen and oxygen atoms in total. The Bertz CT molecular complexity index is 374. The average molecular weight is 280 g/mol. The Labute approximate surface area is 120 Å². The molecule has 20 heavy (non-hydrogen) atoms. The zero-order chi connectivity index (χ0) is 14.4. The summed E-state index contributed by atoms with van der Waals surface area (Å²) >= 11 is 0. The van der Waals surface area contributed by atoms with Crippen LogP contribution in [0.1, 0.15) is 57.8 Å². The first-order chi connectivity index (χ1) is 9.66. The lowest BCUT2D eigenvalue weighted by atomic mass is 9.74. The topological polar surface area (TPSA) is 52.6 Å². The molecule has 0 amide bonds. The number of ether oxygens (including phenoxy) is 2. The zero-order valence-electron chi connectivity index (χ0n) is 12.2. The first-order valence-corrected chi connectivity index (χ1v) is 7.65. The van der Waals surface area contributed by atoms with E-state index in [2.05, 4.69) is 4.74 Å². The van der Waals surface area contributed by atoms with Crippen LogP contribution in [0.25, 0.3) is 0 Å². The van der Waals surface area contributed by atoms with Crippen molar-refractivity contribution in [3.63, 3.8) is 0 Å². The van der Waals surface area contributed by atoms with Crippen LogP contribution in [-0.2, 0) is 19.1 Å². The van der Waals surface area contributed by atoms with E-state index in [1.807, 2.05) is 0 Å². The lowest BCUT2D eigenvalue weighted by Gasteiger charge is -2.41. The molecule has 0 aromatic rings. The summed E-state index contributed by atoms with van der Waals surface area (Å²) in [7, 11) is 1.29. The van der Waals surface area contributed by atoms with E-state index in [-0.39, 0.29) is 5.60 Å². The van der Waals surface area contributed by atoms with Crippen molar-refractivity contribution in [1.29, 1.82) is 0 Å². The summed E-state index contributed by atoms with van der Waals surface area (Å²) < 4.78 is 10.3. The fraction of sp³-hybridized carbons (Fsp3) is 0.750. The molecule has 0 spiro atoms. The summed E-state index contributed by atoms with van der Waals surface area (Å²) in [6.45, 7) is 0. The minimum absolute atomic E-state index is 0.285. The number of hydrogen-bond donors (Lipinski definition) is 0. The third-order valence-corrected chi connectivity index (χ3v) is 4.66. The van der Waals surface area contributed by atoms with Gasteiger partial charge in [-0.1, -0.05) is 19.3 Å². The average Bonchev–Trinajstić information content (AvgIpc) is 3.00. The smallest absolute Gasteiger partial charge is 0.331 e. The molecular weight excluding hydrogens is 256 g/mol. The van der Waals surface area contributed by atoms with Crippen molar-refractivity contribution >= 4 is 11.9 Å². The van der Waals surface area contributed by atoms with Crippen LogP contribution >= 0.6 is 0 Å². The molecular formula is C16H24O4. The van der Waals surface area contributed by atoms with E-state index < -0.39 is 11.9 Å². The molecule has 0 N–H and O–H groups in total. The molecule has 4 heteroatoms. The largest absolute Gasteiger partial charge is 0.466 e. The molecule has 0 aliphatic heterocycles. The lowest BCUT2D eigenvalue weighted by Crippen LogP contribution is -2.43. The SMILES string of the molecule is COC(=O)C=CC(=O)OC1(C2CCCC2)CCCCC1. The van der Waals surface area contributed by atoms with E-state index in [1.54, 1.807) is 0 Å². The van der Waals surface area contributed by atoms with Gasteiger partial charge in [0.15, 0.2) is 0 Å². The molecule has 2 rings (SSSR count). The normalized spacial score (nSPS) is 22.9. The molecule has 2 aliphatic carbocycles. The number of carbonyl (C=O) groups excluding carboxylic acids is 2. The van der Waals surface area contributed by atoms with Crippen LogP contribution in [0.15, 0.2) is 12.2 Å². The molecule has 2 aliphatic rings. The third-order valence-electron chi connectivity index (χ3n) is 4.66. The van der Waals surface area contributed by atoms with Gasteiger partial charge in [-0.05, 0) is 44.4 Å². The second-order valence-electron chi connectivity index (χ2n) is 5.88. The molecule has 0 bridgehead atoms. The fourth-order valence-electron chi connectivity index (χ4n) is 3.63. The maximum atomic E-state index is 12.0. The summed E-state index contributed by atoms with van der Waals surface area (Å²) in [5, 5.41) is 0. The molecule has 2 saturated carbocycles. The van der Waals surface area contributed by atoms with Crippen molar-refractivity contribution in [2.45, 2.75) is 63.4 Å². The van der Waals surface area contributed by atoms with Crippen molar-refractivity contribution in [3.8, 4) is 0 Å². The fourth-order valence-corrected chi connectivity index (χ4v) is 3.63. The number of rotatable bonds is 4. The van der Waals surface area contributed by atoms with E-state index in [9.17, 15) is 9.59 Å². The van der Waals surface area contributed by atoms with Gasteiger partial charge in [0.25, 0.3) is 0 Å². The summed E-state index contributed by atoms with van der Waals surface area (Å²) in [6.07, 6.45) is 12.5. The molecule has 0 radical (unpaired) electrons. The Morgan fingerprint density at radius 1 is 0.950 bits per heavy atom. The highest BCUT2D eigenvalue weighted by Gasteiger charge is 2.43. The van der Waals surface area contributed by atoms with Crippen molar-refractivity contribution in [1.82, 2.24) is 0 Å². The number of esters is 2. The standard InChI is InChI=1S/C16H24O4/c1-19-14(17)9-10-15(18)20-16(11-5-2-6-12-16)13-7-3-4-8-13/h9-10,13H,2-8,11-12H2,1H3. The van der Waals surface area contributed by atoms with Gasteiger partial charge in [0.2, 0.25) is 0 Å². The number of methoxy groups -OCH3 is 1. The third kappa shape index (κ3) is 3.62. The molecule has 2 fully saturated rings. The molecule has 112 valence electrons. The van der Waals surface area contributed by atoms with Gasteiger partial charge in [-0.2, -0.15) is 0 Å². The summed E-state index contributed by atoms with van der Waals surface area (Å²) in [4.78, 5) is 23.0. The van der Waals surface area contributed by atoms with Crippen LogP contribution < -0.4 is 0 Å². The summed E-state index contributed by atoms with van der Waals surface area (Å²) in [5.41, 5.74) is -0.285. The molecule has 0 aromatic heterocycles. The molecule has 0 unspecified atom stereocenters. The summed E-state index contributed by atoms with van der Waals surface area (Å²) in [6, 6.07) is 0. The Balaban J connectivity index is 2.02. The zero-order valence-corrected chi connectivity index (χ0v) is 12.2. The van der Waals surface area contributed by atoms with E-state index in [1.165, 1.54) is 32.4 Å². The first-order valence-electron chi connectivity index (χ1n) is 7.65. The van der Waals surface area contributed by atoms with Gasteiger partial charge < -0.3 is 9.47 Å². The molecule has 0 saturated heterocycles. The lowest BCUT2D eigenvalue weighted by molar-refractivity contribution is -0.165. The second kappa shape index (κ2) is 6.91. The van der Waals surface area contributed by atoms with E-state index in [0.717, 1.165) is 44.6 Å². The van der Waals surface area contributed by atoms with Gasteiger partial charge in [-0.25, -0.2) is 9.59 Å². The van der Waals surface area contributed by atoms with Crippen LogP contribution in [0.2, 0.25) is 0 Å². The van der Waals surface area contributed by atoms with E-state index in [4.69, 9.17) is 4.74 Å². The number of hydrogen-bond acceptors (Lipinski definition) is 4. The van der Waals surface area contributed by atoms with Crippen LogP contribution in [0, 0.1) is 5.92 Å². The first kappa shape index (κ1) is 15.1. The maximum absolute atomic E-state index is 12.0. The maximum Gasteiger partial charge on any atom is 0.331 e. The van der Waals surface area contributed by atoms with Crippen LogP contribution in [0.3, 0.4) is 0 Å². The Hall–Kier alpha value is -1.32. The minimum Gasteiger partial charge on any atom is -0.466 e. The highest BCUT2D eigenvalue weighted by atomic mass is 16.6. The molecule has 0 aromatic carbocycles. The van der Waals surface area contributed by atoms with E-state index >= 15 is 0 Å². The van der Waals surface area contributed by atoms with Crippen molar-refractivity contribution < 1.29 is 19.1 Å². The monoisotopic (exact) mass is 280 g/mol. The van der Waals surface area contributed by atoms with Gasteiger partial charge in [-0.3, -0.25) is 0 Å². The van der Waals surface area contributed by atoms with Gasteiger partial charge >= 0.3 is 11.9 Å². The Kier molecular flexibility index (Phi) is 5.21. The van der Waals surface area contributed by atoms with E-state index in [0.29, 0.717) is 5.92 Å². The predicted molar refractivity (Wildman–Crippen MR) is 75.0 cm³/mol. The quantitative estimate of drug-likeness (QED) is 0.586. The second-order valence-corrected chi connectivity index (χ2v) is 5.88. The molecule has 0 heterocycles. The van der Waals surface area contributed by atoms with Gasteiger partial charge in [0.1, 0.15) is 5.60 Å². The van der Waals surface area contributed by atoms with Crippen molar-refractivity contribution in [2.24, 2.45) is 5.92 Å². The molecule has 0 atom stereocenters. The highest BCUT2D eigenvalue weighted by Crippen LogP contribution is 2.45. The van der Waals surface area contributed by atoms with Crippen molar-refractivity contribution in [3.05, 3.63) is 12.2 Å². The Morgan fingerprint density at radius 3 is 2.15 bits per heavy atom. The van der Waals surface area contributed by atoms with Crippen LogP contribution in [0.4, 0.5) is 0 Å². The predicted octanol–water partition coefficient (Wildman–Crippen LogP) is 3.15. The van der Waals surface area contributed by atoms with Gasteiger partial charge in [-0.15, -0.1) is 0 Å². The minimum atomic E-state index is -0.527. The van der Waals surface area contributed by atoms with Gasteiger partial charge in [0, 0.05) is 12.2 Å². The Morgan fingerprint density at radius 2 is 1.55 bits per heavy atom. The van der Waals surface area contributed by atoms with Crippen LogP contribution in [-0.4, -0.2) is 24.6 Å².